The molecule has 0 aromatic heterocycles. The second-order valence-electron chi connectivity index (χ2n) is 6.73. The Morgan fingerprint density at radius 3 is 2.27 bits per heavy atom. The third-order valence-electron chi connectivity index (χ3n) is 3.30. The maximum absolute atomic E-state index is 11.1. The Hall–Kier alpha value is -1.41. The molecule has 2 aromatic rings. The molecule has 0 fully saturated rings. The maximum Gasteiger partial charge on any atom is 0.198 e. The minimum absolute atomic E-state index is 0.0650. The Morgan fingerprint density at radius 1 is 1.18 bits per heavy atom. The summed E-state index contributed by atoms with van der Waals surface area (Å²) in [4.78, 5) is 11.1. The molecule has 0 heterocycles. The topological polar surface area (TPSA) is 52.6 Å². The molecule has 5 heteroatoms. The fraction of sp³-hybridized carbons (Fsp3) is 0.588. The molecule has 4 nitrogen and oxygen atoms in total. The lowest BCUT2D eigenvalue weighted by Crippen LogP contribution is -2.11. The third-order valence-corrected chi connectivity index (χ3v) is 4.07. The molecule has 22 heavy (non-hydrogen) atoms. The average Bonchev–Trinajstić information content (AvgIpc) is 3.07. The van der Waals surface area contributed by atoms with Crippen molar-refractivity contribution in [3.63, 3.8) is 0 Å². The van der Waals surface area contributed by atoms with Crippen LogP contribution in [0.5, 0.6) is 11.5 Å². The zero-order valence-corrected chi connectivity index (χ0v) is 15.1. The minimum atomic E-state index is 0.0650. The van der Waals surface area contributed by atoms with Crippen LogP contribution in [0.3, 0.4) is 0 Å². The van der Waals surface area contributed by atoms with Crippen LogP contribution in [0.25, 0.3) is 10.8 Å². The number of hydrogen-bond donors (Lipinski definition) is 0. The van der Waals surface area contributed by atoms with E-state index in [2.05, 4.69) is 27.7 Å². The van der Waals surface area contributed by atoms with E-state index in [4.69, 9.17) is 9.47 Å². The quantitative estimate of drug-likeness (QED) is 0.763. The summed E-state index contributed by atoms with van der Waals surface area (Å²) < 4.78 is 20.3. The summed E-state index contributed by atoms with van der Waals surface area (Å²) in [6.45, 7) is 8.79. The first-order valence-corrected chi connectivity index (χ1v) is 8.33. The largest absolute Gasteiger partial charge is 0.493 e. The maximum atomic E-state index is 11.1. The molecule has 2 aromatic carbocycles. The van der Waals surface area contributed by atoms with E-state index < -0.39 is 0 Å². The molecular weight excluding hydrogens is 299 g/mol. The first kappa shape index (κ1) is 18.6. The Balaban J connectivity index is 0.000000225. The van der Waals surface area contributed by atoms with Crippen LogP contribution in [0.1, 0.15) is 34.1 Å². The van der Waals surface area contributed by atoms with Crippen molar-refractivity contribution >= 4 is 19.2 Å². The molecule has 0 bridgehead atoms. The highest BCUT2D eigenvalue weighted by Gasteiger charge is 2.20. The van der Waals surface area contributed by atoms with Gasteiger partial charge in [0, 0.05) is 11.5 Å². The van der Waals surface area contributed by atoms with Crippen LogP contribution in [0.2, 0.25) is 0 Å². The molecule has 0 N–H and O–H groups in total. The summed E-state index contributed by atoms with van der Waals surface area (Å²) >= 11 is 0. The van der Waals surface area contributed by atoms with E-state index in [1.807, 2.05) is 0 Å². The molecule has 0 amide bonds. The van der Waals surface area contributed by atoms with E-state index in [1.54, 1.807) is 19.2 Å². The number of rotatable bonds is 5. The molecule has 0 aliphatic rings. The van der Waals surface area contributed by atoms with Gasteiger partial charge in [0.2, 0.25) is 0 Å². The highest BCUT2D eigenvalue weighted by molar-refractivity contribution is 7.23. The zero-order chi connectivity index (χ0) is 16.9. The summed E-state index contributed by atoms with van der Waals surface area (Å²) in [7, 11) is 3.37. The molecular formula is C17H25O4P. The minimum Gasteiger partial charge on any atom is -0.493 e. The van der Waals surface area contributed by atoms with Gasteiger partial charge in [-0.1, -0.05) is 27.7 Å². The van der Waals surface area contributed by atoms with Crippen LogP contribution in [0.15, 0.2) is 16.9 Å². The standard InChI is InChI=1S/C9H8O3.C8H17OP/c1-11-6-4-3-5-7(8(5)10)9(6)12-2;1-7(6-10-9)5-8(2,3)4/h3-4H,1-2H3;7H,5-6H2,1-4H3. The van der Waals surface area contributed by atoms with Crippen molar-refractivity contribution in [1.82, 2.24) is 0 Å². The zero-order valence-electron chi connectivity index (χ0n) is 14.2. The predicted octanol–water partition coefficient (Wildman–Crippen LogP) is 4.44. The fourth-order valence-corrected chi connectivity index (χ4v) is 2.91. The Bertz CT molecular complexity index is 633. The Labute approximate surface area is 133 Å². The molecule has 2 rings (SSSR count). The van der Waals surface area contributed by atoms with E-state index in [0.717, 1.165) is 18.0 Å². The predicted molar refractivity (Wildman–Crippen MR) is 91.4 cm³/mol. The van der Waals surface area contributed by atoms with Crippen molar-refractivity contribution in [2.24, 2.45) is 11.3 Å². The molecule has 0 saturated heterocycles. The fourth-order valence-electron chi connectivity index (χ4n) is 2.53. The normalized spacial score (nSPS) is 13.0. The van der Waals surface area contributed by atoms with Crippen LogP contribution in [-0.2, 0) is 4.57 Å². The van der Waals surface area contributed by atoms with Crippen molar-refractivity contribution in [3.8, 4) is 11.5 Å². The van der Waals surface area contributed by atoms with Gasteiger partial charge in [0.15, 0.2) is 25.4 Å². The molecule has 1 atom stereocenters. The average molecular weight is 324 g/mol. The van der Waals surface area contributed by atoms with Gasteiger partial charge >= 0.3 is 0 Å². The lowest BCUT2D eigenvalue weighted by molar-refractivity contribution is 0.322. The van der Waals surface area contributed by atoms with E-state index in [-0.39, 0.29) is 13.9 Å². The molecule has 0 radical (unpaired) electrons. The summed E-state index contributed by atoms with van der Waals surface area (Å²) in [6, 6.07) is 3.49. The lowest BCUT2D eigenvalue weighted by atomic mass is 9.86. The molecule has 0 spiro atoms. The monoisotopic (exact) mass is 324 g/mol. The van der Waals surface area contributed by atoms with E-state index in [1.165, 1.54) is 7.11 Å². The molecule has 0 saturated carbocycles. The highest BCUT2D eigenvalue weighted by atomic mass is 31.1. The van der Waals surface area contributed by atoms with Crippen LogP contribution in [-0.4, -0.2) is 20.4 Å². The van der Waals surface area contributed by atoms with E-state index in [0.29, 0.717) is 28.2 Å². The molecule has 0 aliphatic carbocycles. The van der Waals surface area contributed by atoms with Gasteiger partial charge in [-0.2, -0.15) is 0 Å². The smallest absolute Gasteiger partial charge is 0.198 e. The number of ether oxygens (including phenoxy) is 2. The first-order valence-electron chi connectivity index (χ1n) is 7.34. The third kappa shape index (κ3) is 5.10. The molecule has 1 unspecified atom stereocenters. The van der Waals surface area contributed by atoms with Gasteiger partial charge in [0.05, 0.1) is 19.6 Å². The summed E-state index contributed by atoms with van der Waals surface area (Å²) in [5, 5.41) is 1.41. The van der Waals surface area contributed by atoms with Crippen LogP contribution in [0, 0.1) is 11.3 Å². The second-order valence-corrected chi connectivity index (χ2v) is 7.36. The van der Waals surface area contributed by atoms with Crippen molar-refractivity contribution in [2.75, 3.05) is 20.4 Å². The van der Waals surface area contributed by atoms with Crippen LogP contribution < -0.4 is 14.9 Å². The first-order chi connectivity index (χ1) is 10.2. The Kier molecular flexibility index (Phi) is 6.55. The summed E-state index contributed by atoms with van der Waals surface area (Å²) in [5.74, 6) is 1.75. The van der Waals surface area contributed by atoms with Gasteiger partial charge in [-0.05, 0) is 29.9 Å². The van der Waals surface area contributed by atoms with Gasteiger partial charge in [0.1, 0.15) is 0 Å². The van der Waals surface area contributed by atoms with Crippen LogP contribution >= 0.6 is 8.46 Å². The number of methoxy groups -OCH3 is 2. The number of benzene rings is 1. The highest BCUT2D eigenvalue weighted by Crippen LogP contribution is 2.36. The van der Waals surface area contributed by atoms with E-state index in [9.17, 15) is 9.36 Å². The van der Waals surface area contributed by atoms with Crippen molar-refractivity contribution < 1.29 is 14.0 Å². The number of hydrogen-bond acceptors (Lipinski definition) is 4. The van der Waals surface area contributed by atoms with Gasteiger partial charge in [0.25, 0.3) is 0 Å². The second kappa shape index (κ2) is 7.73. The summed E-state index contributed by atoms with van der Waals surface area (Å²) in [6.07, 6.45) is 1.96. The van der Waals surface area contributed by atoms with Crippen molar-refractivity contribution in [3.05, 3.63) is 22.4 Å². The van der Waals surface area contributed by atoms with Gasteiger partial charge in [-0.3, -0.25) is 9.36 Å². The van der Waals surface area contributed by atoms with Crippen molar-refractivity contribution in [1.29, 1.82) is 0 Å². The van der Waals surface area contributed by atoms with Gasteiger partial charge in [-0.25, -0.2) is 0 Å². The van der Waals surface area contributed by atoms with Gasteiger partial charge < -0.3 is 9.47 Å². The van der Waals surface area contributed by atoms with E-state index >= 15 is 0 Å². The summed E-state index contributed by atoms with van der Waals surface area (Å²) in [5.41, 5.74) is 0.444. The Morgan fingerprint density at radius 2 is 1.82 bits per heavy atom. The lowest BCUT2D eigenvalue weighted by Gasteiger charge is -2.21. The van der Waals surface area contributed by atoms with Crippen LogP contribution in [0.4, 0.5) is 0 Å². The van der Waals surface area contributed by atoms with Gasteiger partial charge in [-0.15, -0.1) is 0 Å². The number of fused-ring (bicyclic) bond motifs is 1. The molecule has 0 aliphatic heterocycles. The SMILES string of the molecule is CC(CP=O)CC(C)(C)C.COc1ccc2c(=O)c2c1OC. The molecule has 122 valence electrons. The van der Waals surface area contributed by atoms with Crippen molar-refractivity contribution in [2.45, 2.75) is 34.1 Å².